The van der Waals surface area contributed by atoms with Gasteiger partial charge in [0.15, 0.2) is 0 Å². The molecule has 35 heavy (non-hydrogen) atoms. The summed E-state index contributed by atoms with van der Waals surface area (Å²) >= 11 is 0. The first-order chi connectivity index (χ1) is 16.6. The first-order valence-corrected chi connectivity index (χ1v) is 13.7. The zero-order chi connectivity index (χ0) is 26.0. The summed E-state index contributed by atoms with van der Waals surface area (Å²) in [5.41, 5.74) is 2.52. The Morgan fingerprint density at radius 1 is 1.06 bits per heavy atom. The molecule has 0 aromatic heterocycles. The number of carbonyl (C=O) groups excluding carboxylic acids is 2. The molecule has 2 aromatic carbocycles. The van der Waals surface area contributed by atoms with E-state index in [2.05, 4.69) is 5.32 Å². The maximum absolute atomic E-state index is 13.3. The summed E-state index contributed by atoms with van der Waals surface area (Å²) in [5, 5.41) is 2.65. The number of ether oxygens (including phenoxy) is 1. The van der Waals surface area contributed by atoms with Crippen LogP contribution in [-0.4, -0.2) is 57.6 Å². The summed E-state index contributed by atoms with van der Waals surface area (Å²) in [6, 6.07) is 14.0. The predicted molar refractivity (Wildman–Crippen MR) is 139 cm³/mol. The van der Waals surface area contributed by atoms with Crippen LogP contribution in [0.2, 0.25) is 0 Å². The molecule has 1 unspecified atom stereocenters. The molecule has 0 aliphatic heterocycles. The molecule has 0 saturated carbocycles. The summed E-state index contributed by atoms with van der Waals surface area (Å²) in [7, 11) is -1.99. The SMILES string of the molecule is CCOc1ccc(N(CCCC(=O)N(Cc2ccccc2C)C(CC)C(=O)NC)S(C)(=O)=O)cc1. The lowest BCUT2D eigenvalue weighted by molar-refractivity contribution is -0.141. The van der Waals surface area contributed by atoms with Crippen LogP contribution in [0.15, 0.2) is 48.5 Å². The van der Waals surface area contributed by atoms with Crippen LogP contribution in [-0.2, 0) is 26.2 Å². The van der Waals surface area contributed by atoms with E-state index in [9.17, 15) is 18.0 Å². The van der Waals surface area contributed by atoms with E-state index in [0.29, 0.717) is 37.4 Å². The van der Waals surface area contributed by atoms with Gasteiger partial charge in [-0.25, -0.2) is 8.42 Å². The van der Waals surface area contributed by atoms with Crippen molar-refractivity contribution in [1.82, 2.24) is 10.2 Å². The lowest BCUT2D eigenvalue weighted by Gasteiger charge is -2.31. The number of rotatable bonds is 13. The van der Waals surface area contributed by atoms with Gasteiger partial charge in [-0.15, -0.1) is 0 Å². The van der Waals surface area contributed by atoms with E-state index in [1.165, 1.54) is 4.31 Å². The summed E-state index contributed by atoms with van der Waals surface area (Å²) in [5.74, 6) is 0.247. The molecule has 1 atom stereocenters. The van der Waals surface area contributed by atoms with Crippen molar-refractivity contribution in [3.63, 3.8) is 0 Å². The zero-order valence-electron chi connectivity index (χ0n) is 21.3. The molecule has 0 aliphatic carbocycles. The summed E-state index contributed by atoms with van der Waals surface area (Å²) < 4.78 is 31.6. The molecular weight excluding hydrogens is 466 g/mol. The fraction of sp³-hybridized carbons (Fsp3) is 0.462. The van der Waals surface area contributed by atoms with Crippen LogP contribution in [0.25, 0.3) is 0 Å². The Morgan fingerprint density at radius 2 is 1.71 bits per heavy atom. The molecule has 0 radical (unpaired) electrons. The van der Waals surface area contributed by atoms with E-state index in [0.717, 1.165) is 17.4 Å². The van der Waals surface area contributed by atoms with Crippen LogP contribution in [0.5, 0.6) is 5.75 Å². The van der Waals surface area contributed by atoms with Crippen molar-refractivity contribution >= 4 is 27.5 Å². The van der Waals surface area contributed by atoms with Crippen LogP contribution in [0.3, 0.4) is 0 Å². The third kappa shape index (κ3) is 7.99. The van der Waals surface area contributed by atoms with Gasteiger partial charge < -0.3 is 15.0 Å². The molecule has 2 amide bonds. The number of hydrogen-bond donors (Lipinski definition) is 1. The highest BCUT2D eigenvalue weighted by atomic mass is 32.2. The fourth-order valence-electron chi connectivity index (χ4n) is 3.94. The Bertz CT molecular complexity index is 1090. The van der Waals surface area contributed by atoms with Crippen molar-refractivity contribution in [3.05, 3.63) is 59.7 Å². The number of likely N-dealkylation sites (N-methyl/N-ethyl adjacent to an activating group) is 1. The van der Waals surface area contributed by atoms with Gasteiger partial charge in [0.25, 0.3) is 0 Å². The highest BCUT2D eigenvalue weighted by Gasteiger charge is 2.28. The Labute approximate surface area is 209 Å². The van der Waals surface area contributed by atoms with E-state index < -0.39 is 16.1 Å². The van der Waals surface area contributed by atoms with Gasteiger partial charge in [-0.1, -0.05) is 31.2 Å². The molecule has 0 spiro atoms. The summed E-state index contributed by atoms with van der Waals surface area (Å²) in [6.45, 7) is 6.70. The van der Waals surface area contributed by atoms with Crippen LogP contribution in [0, 0.1) is 6.92 Å². The van der Waals surface area contributed by atoms with Crippen molar-refractivity contribution in [2.45, 2.75) is 52.6 Å². The third-order valence-electron chi connectivity index (χ3n) is 5.82. The van der Waals surface area contributed by atoms with Crippen LogP contribution >= 0.6 is 0 Å². The molecule has 0 aliphatic rings. The molecule has 0 heterocycles. The van der Waals surface area contributed by atoms with E-state index in [-0.39, 0.29) is 24.8 Å². The average Bonchev–Trinajstić information content (AvgIpc) is 2.82. The molecule has 0 bridgehead atoms. The van der Waals surface area contributed by atoms with Gasteiger partial charge in [-0.3, -0.25) is 13.9 Å². The Hall–Kier alpha value is -3.07. The minimum absolute atomic E-state index is 0.114. The summed E-state index contributed by atoms with van der Waals surface area (Å²) in [4.78, 5) is 27.5. The maximum atomic E-state index is 13.3. The number of amides is 2. The fourth-order valence-corrected chi connectivity index (χ4v) is 4.90. The number of carbonyl (C=O) groups is 2. The van der Waals surface area contributed by atoms with Crippen LogP contribution in [0.1, 0.15) is 44.2 Å². The zero-order valence-corrected chi connectivity index (χ0v) is 22.1. The first-order valence-electron chi connectivity index (χ1n) is 11.9. The van der Waals surface area contributed by atoms with Crippen molar-refractivity contribution in [2.24, 2.45) is 0 Å². The number of aryl methyl sites for hydroxylation is 1. The van der Waals surface area contributed by atoms with Crippen LogP contribution < -0.4 is 14.4 Å². The van der Waals surface area contributed by atoms with Gasteiger partial charge in [0.1, 0.15) is 11.8 Å². The predicted octanol–water partition coefficient (Wildman–Crippen LogP) is 3.49. The van der Waals surface area contributed by atoms with Gasteiger partial charge in [0, 0.05) is 26.6 Å². The Morgan fingerprint density at radius 3 is 2.26 bits per heavy atom. The highest BCUT2D eigenvalue weighted by molar-refractivity contribution is 7.92. The van der Waals surface area contributed by atoms with Crippen LogP contribution in [0.4, 0.5) is 5.69 Å². The third-order valence-corrected chi connectivity index (χ3v) is 7.02. The Balaban J connectivity index is 2.18. The van der Waals surface area contributed by atoms with Gasteiger partial charge in [-0.05, 0) is 62.1 Å². The molecule has 0 saturated heterocycles. The molecular formula is C26H37N3O5S. The Kier molecular flexibility index (Phi) is 10.6. The van der Waals surface area contributed by atoms with Crippen molar-refractivity contribution < 1.29 is 22.7 Å². The molecule has 1 N–H and O–H groups in total. The first kappa shape index (κ1) is 28.2. The summed E-state index contributed by atoms with van der Waals surface area (Å²) in [6.07, 6.45) is 2.05. The number of benzene rings is 2. The smallest absolute Gasteiger partial charge is 0.242 e. The minimum Gasteiger partial charge on any atom is -0.494 e. The topological polar surface area (TPSA) is 96.0 Å². The average molecular weight is 504 g/mol. The van der Waals surface area contributed by atoms with E-state index in [4.69, 9.17) is 4.74 Å². The molecule has 2 rings (SSSR count). The highest BCUT2D eigenvalue weighted by Crippen LogP contribution is 2.23. The molecule has 0 fully saturated rings. The second-order valence-corrected chi connectivity index (χ2v) is 10.3. The normalized spacial score (nSPS) is 12.0. The maximum Gasteiger partial charge on any atom is 0.242 e. The largest absolute Gasteiger partial charge is 0.494 e. The van der Waals surface area contributed by atoms with Gasteiger partial charge >= 0.3 is 0 Å². The number of sulfonamides is 1. The van der Waals surface area contributed by atoms with Gasteiger partial charge in [0.05, 0.1) is 18.6 Å². The van der Waals surface area contributed by atoms with Crippen molar-refractivity contribution in [3.8, 4) is 5.75 Å². The number of anilines is 1. The lowest BCUT2D eigenvalue weighted by Crippen LogP contribution is -2.48. The quantitative estimate of drug-likeness (QED) is 0.451. The standard InChI is InChI=1S/C26H37N3O5S/c1-6-24(26(31)27-4)28(19-21-12-9-8-11-20(21)3)25(30)13-10-18-29(35(5,32)33)22-14-16-23(17-15-22)34-7-2/h8-9,11-12,14-17,24H,6-7,10,13,18-19H2,1-5H3,(H,27,31). The van der Waals surface area contributed by atoms with E-state index in [1.807, 2.05) is 45.0 Å². The number of nitrogens with zero attached hydrogens (tertiary/aromatic N) is 2. The number of hydrogen-bond acceptors (Lipinski definition) is 5. The number of nitrogens with one attached hydrogen (secondary N) is 1. The van der Waals surface area contributed by atoms with Crippen molar-refractivity contribution in [2.75, 3.05) is 30.8 Å². The molecule has 8 nitrogen and oxygen atoms in total. The minimum atomic E-state index is -3.55. The second-order valence-electron chi connectivity index (χ2n) is 8.35. The van der Waals surface area contributed by atoms with Gasteiger partial charge in [0.2, 0.25) is 21.8 Å². The molecule has 2 aromatic rings. The molecule has 192 valence electrons. The van der Waals surface area contributed by atoms with E-state index >= 15 is 0 Å². The second kappa shape index (κ2) is 13.1. The lowest BCUT2D eigenvalue weighted by atomic mass is 10.1. The van der Waals surface area contributed by atoms with Crippen molar-refractivity contribution in [1.29, 1.82) is 0 Å². The molecule has 9 heteroatoms. The van der Waals surface area contributed by atoms with E-state index in [1.54, 1.807) is 36.2 Å². The monoisotopic (exact) mass is 503 g/mol. The van der Waals surface area contributed by atoms with Gasteiger partial charge in [-0.2, -0.15) is 0 Å².